The monoisotopic (exact) mass is 238 g/mol. The third-order valence-electron chi connectivity index (χ3n) is 2.15. The minimum absolute atomic E-state index is 0.235. The molecule has 0 aliphatic rings. The molecule has 1 unspecified atom stereocenters. The first-order chi connectivity index (χ1) is 6.52. The zero-order valence-corrected chi connectivity index (χ0v) is 10.6. The summed E-state index contributed by atoms with van der Waals surface area (Å²) in [5.41, 5.74) is 0. The summed E-state index contributed by atoms with van der Waals surface area (Å²) in [5.74, 6) is 0.564. The maximum Gasteiger partial charge on any atom is 0.134 e. The number of ketones is 1. The van der Waals surface area contributed by atoms with Gasteiger partial charge in [0, 0.05) is 18.7 Å². The summed E-state index contributed by atoms with van der Waals surface area (Å²) < 4.78 is 0. The van der Waals surface area contributed by atoms with E-state index >= 15 is 0 Å². The normalized spacial score (nSPS) is 15.1. The molecule has 0 amide bonds. The molecule has 0 aromatic carbocycles. The molecule has 0 saturated carbocycles. The first-order valence-corrected chi connectivity index (χ1v) is 6.19. The first-order valence-electron chi connectivity index (χ1n) is 5.28. The summed E-state index contributed by atoms with van der Waals surface area (Å²) in [4.78, 5) is 10.9. The molecular weight excluding hydrogens is 219 g/mol. The molecule has 3 heteroatoms. The highest BCUT2D eigenvalue weighted by Crippen LogP contribution is 2.22. The molecule has 0 fully saturated rings. The SMILES string of the molecule is CCCCCCC(=O)CC(C)(Cl)CCl. The van der Waals surface area contributed by atoms with Gasteiger partial charge in [-0.3, -0.25) is 4.79 Å². The number of unbranched alkanes of at least 4 members (excludes halogenated alkanes) is 3. The molecule has 0 bridgehead atoms. The van der Waals surface area contributed by atoms with Crippen LogP contribution >= 0.6 is 23.2 Å². The van der Waals surface area contributed by atoms with E-state index in [0.29, 0.717) is 18.7 Å². The van der Waals surface area contributed by atoms with Gasteiger partial charge in [0.2, 0.25) is 0 Å². The predicted molar refractivity (Wildman–Crippen MR) is 63.4 cm³/mol. The van der Waals surface area contributed by atoms with Gasteiger partial charge in [-0.25, -0.2) is 0 Å². The van der Waals surface area contributed by atoms with E-state index in [1.54, 1.807) is 0 Å². The lowest BCUT2D eigenvalue weighted by molar-refractivity contribution is -0.119. The van der Waals surface area contributed by atoms with Crippen LogP contribution in [0.1, 0.15) is 52.4 Å². The van der Waals surface area contributed by atoms with Crippen molar-refractivity contribution in [1.82, 2.24) is 0 Å². The summed E-state index contributed by atoms with van der Waals surface area (Å²) >= 11 is 11.6. The lowest BCUT2D eigenvalue weighted by Crippen LogP contribution is -2.23. The Hall–Kier alpha value is 0.250. The fourth-order valence-electron chi connectivity index (χ4n) is 1.30. The van der Waals surface area contributed by atoms with E-state index in [0.717, 1.165) is 12.8 Å². The molecule has 0 heterocycles. The number of Topliss-reactive ketones (excluding diaryl/α,β-unsaturated/α-hetero) is 1. The maximum absolute atomic E-state index is 11.4. The average molecular weight is 239 g/mol. The quantitative estimate of drug-likeness (QED) is 0.459. The number of rotatable bonds is 8. The second-order valence-corrected chi connectivity index (χ2v) is 5.25. The zero-order chi connectivity index (χ0) is 11.0. The summed E-state index contributed by atoms with van der Waals surface area (Å²) in [5, 5.41) is 0. The van der Waals surface area contributed by atoms with E-state index in [4.69, 9.17) is 23.2 Å². The van der Waals surface area contributed by atoms with Crippen molar-refractivity contribution in [2.45, 2.75) is 57.2 Å². The van der Waals surface area contributed by atoms with Crippen LogP contribution in [-0.4, -0.2) is 16.5 Å². The number of halogens is 2. The van der Waals surface area contributed by atoms with Crippen LogP contribution in [0.25, 0.3) is 0 Å². The van der Waals surface area contributed by atoms with Gasteiger partial charge in [0.15, 0.2) is 0 Å². The van der Waals surface area contributed by atoms with Gasteiger partial charge >= 0.3 is 0 Å². The van der Waals surface area contributed by atoms with Crippen molar-refractivity contribution >= 4 is 29.0 Å². The molecule has 0 aliphatic carbocycles. The number of carbonyl (C=O) groups is 1. The third-order valence-corrected chi connectivity index (χ3v) is 3.15. The highest BCUT2D eigenvalue weighted by Gasteiger charge is 2.22. The maximum atomic E-state index is 11.4. The molecule has 0 saturated heterocycles. The Labute approximate surface area is 97.2 Å². The number of hydrogen-bond donors (Lipinski definition) is 0. The van der Waals surface area contributed by atoms with Crippen molar-refractivity contribution in [3.8, 4) is 0 Å². The predicted octanol–water partition coefficient (Wildman–Crippen LogP) is 4.15. The Balaban J connectivity index is 3.55. The van der Waals surface area contributed by atoms with Crippen LogP contribution in [0.3, 0.4) is 0 Å². The van der Waals surface area contributed by atoms with Crippen LogP contribution < -0.4 is 0 Å². The molecule has 1 nitrogen and oxygen atoms in total. The van der Waals surface area contributed by atoms with Crippen molar-refractivity contribution < 1.29 is 4.79 Å². The Kier molecular flexibility index (Phi) is 7.66. The minimum Gasteiger partial charge on any atom is -0.300 e. The Morgan fingerprint density at radius 1 is 1.29 bits per heavy atom. The minimum atomic E-state index is -0.552. The standard InChI is InChI=1S/C11H20Cl2O/c1-3-4-5-6-7-10(14)8-11(2,13)9-12/h3-9H2,1-2H3. The Bertz CT molecular complexity index is 167. The van der Waals surface area contributed by atoms with Gasteiger partial charge in [0.05, 0.1) is 4.87 Å². The third kappa shape index (κ3) is 7.64. The zero-order valence-electron chi connectivity index (χ0n) is 9.11. The molecule has 1 atom stereocenters. The largest absolute Gasteiger partial charge is 0.300 e. The molecule has 0 N–H and O–H groups in total. The van der Waals surface area contributed by atoms with Crippen LogP contribution in [0.15, 0.2) is 0 Å². The van der Waals surface area contributed by atoms with Crippen LogP contribution in [-0.2, 0) is 4.79 Å². The fourth-order valence-corrected chi connectivity index (χ4v) is 1.54. The van der Waals surface area contributed by atoms with Gasteiger partial charge in [-0.05, 0) is 13.3 Å². The fraction of sp³-hybridized carbons (Fsp3) is 0.909. The molecule has 0 aromatic heterocycles. The Morgan fingerprint density at radius 2 is 1.93 bits per heavy atom. The second-order valence-electron chi connectivity index (χ2n) is 4.07. The van der Waals surface area contributed by atoms with Crippen molar-refractivity contribution in [2.24, 2.45) is 0 Å². The van der Waals surface area contributed by atoms with Crippen molar-refractivity contribution in [3.63, 3.8) is 0 Å². The van der Waals surface area contributed by atoms with Gasteiger partial charge in [-0.2, -0.15) is 0 Å². The average Bonchev–Trinajstić information content (AvgIpc) is 2.12. The number of hydrogen-bond acceptors (Lipinski definition) is 1. The van der Waals surface area contributed by atoms with Gasteiger partial charge in [0.25, 0.3) is 0 Å². The van der Waals surface area contributed by atoms with Crippen molar-refractivity contribution in [2.75, 3.05) is 5.88 Å². The highest BCUT2D eigenvalue weighted by atomic mass is 35.5. The van der Waals surface area contributed by atoms with Crippen molar-refractivity contribution in [3.05, 3.63) is 0 Å². The topological polar surface area (TPSA) is 17.1 Å². The van der Waals surface area contributed by atoms with Crippen molar-refractivity contribution in [1.29, 1.82) is 0 Å². The molecule has 0 rings (SSSR count). The summed E-state index contributed by atoms with van der Waals surface area (Å²) in [6, 6.07) is 0. The van der Waals surface area contributed by atoms with Crippen LogP contribution in [0.5, 0.6) is 0 Å². The van der Waals surface area contributed by atoms with Crippen LogP contribution in [0.4, 0.5) is 0 Å². The van der Waals surface area contributed by atoms with Gasteiger partial charge in [-0.1, -0.05) is 26.2 Å². The second kappa shape index (κ2) is 7.53. The Morgan fingerprint density at radius 3 is 2.43 bits per heavy atom. The van der Waals surface area contributed by atoms with Gasteiger partial charge < -0.3 is 0 Å². The first kappa shape index (κ1) is 14.2. The summed E-state index contributed by atoms with van der Waals surface area (Å²) in [6.07, 6.45) is 5.58. The number of alkyl halides is 2. The van der Waals surface area contributed by atoms with E-state index in [1.165, 1.54) is 12.8 Å². The van der Waals surface area contributed by atoms with E-state index in [-0.39, 0.29) is 5.78 Å². The van der Waals surface area contributed by atoms with E-state index in [9.17, 15) is 4.79 Å². The lowest BCUT2D eigenvalue weighted by atomic mass is 10.0. The molecule has 0 radical (unpaired) electrons. The lowest BCUT2D eigenvalue weighted by Gasteiger charge is -2.17. The molecule has 84 valence electrons. The molecular formula is C11H20Cl2O. The molecule has 0 spiro atoms. The van der Waals surface area contributed by atoms with Crippen LogP contribution in [0.2, 0.25) is 0 Å². The van der Waals surface area contributed by atoms with Gasteiger partial charge in [0.1, 0.15) is 5.78 Å². The van der Waals surface area contributed by atoms with Crippen LogP contribution in [0, 0.1) is 0 Å². The smallest absolute Gasteiger partial charge is 0.134 e. The van der Waals surface area contributed by atoms with E-state index < -0.39 is 4.87 Å². The molecule has 14 heavy (non-hydrogen) atoms. The summed E-state index contributed by atoms with van der Waals surface area (Å²) in [6.45, 7) is 3.97. The van der Waals surface area contributed by atoms with E-state index in [2.05, 4.69) is 6.92 Å². The van der Waals surface area contributed by atoms with Gasteiger partial charge in [-0.15, -0.1) is 23.2 Å². The molecule has 0 aromatic rings. The summed E-state index contributed by atoms with van der Waals surface area (Å²) in [7, 11) is 0. The highest BCUT2D eigenvalue weighted by molar-refractivity contribution is 6.31. The molecule has 0 aliphatic heterocycles. The van der Waals surface area contributed by atoms with E-state index in [1.807, 2.05) is 6.92 Å². The number of carbonyl (C=O) groups excluding carboxylic acids is 1.